The monoisotopic (exact) mass is 396 g/mol. The van der Waals surface area contributed by atoms with Gasteiger partial charge < -0.3 is 29.6 Å². The number of amides is 2. The fraction of sp³-hybridized carbons (Fsp3) is 0.600. The zero-order valence-corrected chi connectivity index (χ0v) is 17.0. The topological polar surface area (TPSA) is 95.1 Å². The largest absolute Gasteiger partial charge is 0.493 e. The van der Waals surface area contributed by atoms with E-state index in [1.54, 1.807) is 19.2 Å². The molecule has 8 nitrogen and oxygen atoms in total. The van der Waals surface area contributed by atoms with E-state index in [4.69, 9.17) is 18.9 Å². The van der Waals surface area contributed by atoms with E-state index >= 15 is 0 Å². The smallest absolute Gasteiger partial charge is 0.407 e. The number of rotatable bonds is 13. The van der Waals surface area contributed by atoms with Crippen LogP contribution >= 0.6 is 0 Å². The van der Waals surface area contributed by atoms with Gasteiger partial charge in [0.1, 0.15) is 13.2 Å². The van der Waals surface area contributed by atoms with Gasteiger partial charge in [0.2, 0.25) is 0 Å². The molecule has 0 heterocycles. The van der Waals surface area contributed by atoms with Crippen LogP contribution in [0.3, 0.4) is 0 Å². The molecule has 1 aromatic carbocycles. The van der Waals surface area contributed by atoms with E-state index in [0.717, 1.165) is 25.7 Å². The predicted octanol–water partition coefficient (Wildman–Crippen LogP) is 3.50. The number of nitrogens with one attached hydrogen (secondary N) is 2. The van der Waals surface area contributed by atoms with E-state index in [1.807, 2.05) is 26.0 Å². The molecule has 2 N–H and O–H groups in total. The Balaban J connectivity index is 2.58. The first-order chi connectivity index (χ1) is 13.6. The summed E-state index contributed by atoms with van der Waals surface area (Å²) in [6.07, 6.45) is 1.77. The van der Waals surface area contributed by atoms with Crippen LogP contribution < -0.4 is 20.1 Å². The van der Waals surface area contributed by atoms with Gasteiger partial charge in [-0.3, -0.25) is 0 Å². The van der Waals surface area contributed by atoms with E-state index in [1.165, 1.54) is 0 Å². The first kappa shape index (κ1) is 23.4. The van der Waals surface area contributed by atoms with Crippen molar-refractivity contribution in [3.63, 3.8) is 0 Å². The van der Waals surface area contributed by atoms with Crippen LogP contribution in [0.25, 0.3) is 0 Å². The van der Waals surface area contributed by atoms with Crippen molar-refractivity contribution in [3.05, 3.63) is 24.3 Å². The summed E-state index contributed by atoms with van der Waals surface area (Å²) in [6.45, 7) is 5.02. The summed E-state index contributed by atoms with van der Waals surface area (Å²) >= 11 is 0. The molecule has 0 fully saturated rings. The summed E-state index contributed by atoms with van der Waals surface area (Å²) in [5.41, 5.74) is 0. The van der Waals surface area contributed by atoms with Crippen molar-refractivity contribution in [2.24, 2.45) is 0 Å². The second-order valence-electron chi connectivity index (χ2n) is 6.15. The number of hydrogen-bond donors (Lipinski definition) is 2. The van der Waals surface area contributed by atoms with Crippen molar-refractivity contribution in [1.82, 2.24) is 10.6 Å². The van der Waals surface area contributed by atoms with E-state index in [9.17, 15) is 9.59 Å². The van der Waals surface area contributed by atoms with E-state index < -0.39 is 18.3 Å². The van der Waals surface area contributed by atoms with Crippen molar-refractivity contribution >= 4 is 12.2 Å². The first-order valence-electron chi connectivity index (χ1n) is 9.71. The van der Waals surface area contributed by atoms with Crippen LogP contribution in [-0.4, -0.2) is 51.7 Å². The molecule has 0 aromatic heterocycles. The second-order valence-corrected chi connectivity index (χ2v) is 6.15. The number of methoxy groups -OCH3 is 1. The SMILES string of the molecule is CCCCNC(=O)OC[C@H](COc1ccccc1OC)OC(=O)NCCCC. The van der Waals surface area contributed by atoms with Crippen LogP contribution in [0, 0.1) is 0 Å². The quantitative estimate of drug-likeness (QED) is 0.496. The fourth-order valence-electron chi connectivity index (χ4n) is 2.18. The standard InChI is InChI=1S/C20H32N2O6/c1-4-6-12-21-19(23)27-15-16(28-20(24)22-13-7-5-2)14-26-18-11-9-8-10-17(18)25-3/h8-11,16H,4-7,12-15H2,1-3H3,(H,21,23)(H,22,24)/t16-/m0/s1. The van der Waals surface area contributed by atoms with E-state index in [-0.39, 0.29) is 13.2 Å². The molecule has 0 saturated heterocycles. The Morgan fingerprint density at radius 1 is 0.929 bits per heavy atom. The van der Waals surface area contributed by atoms with Crippen molar-refractivity contribution in [3.8, 4) is 11.5 Å². The highest BCUT2D eigenvalue weighted by Crippen LogP contribution is 2.25. The maximum Gasteiger partial charge on any atom is 0.407 e. The van der Waals surface area contributed by atoms with Gasteiger partial charge in [0.25, 0.3) is 0 Å². The third kappa shape index (κ3) is 9.89. The van der Waals surface area contributed by atoms with Crippen molar-refractivity contribution in [1.29, 1.82) is 0 Å². The molecule has 0 aliphatic carbocycles. The molecule has 0 radical (unpaired) electrons. The van der Waals surface area contributed by atoms with Gasteiger partial charge in [0.15, 0.2) is 17.6 Å². The lowest BCUT2D eigenvalue weighted by atomic mass is 10.3. The first-order valence-corrected chi connectivity index (χ1v) is 9.71. The Morgan fingerprint density at radius 2 is 1.54 bits per heavy atom. The maximum atomic E-state index is 11.9. The highest BCUT2D eigenvalue weighted by Gasteiger charge is 2.19. The molecular weight excluding hydrogens is 364 g/mol. The van der Waals surface area contributed by atoms with Gasteiger partial charge in [-0.25, -0.2) is 9.59 Å². The Hall–Kier alpha value is -2.64. The second kappa shape index (κ2) is 14.4. The van der Waals surface area contributed by atoms with Crippen molar-refractivity contribution in [2.75, 3.05) is 33.4 Å². The highest BCUT2D eigenvalue weighted by atomic mass is 16.6. The van der Waals surface area contributed by atoms with Gasteiger partial charge in [-0.15, -0.1) is 0 Å². The number of alkyl carbamates (subject to hydrolysis) is 2. The van der Waals surface area contributed by atoms with Gasteiger partial charge >= 0.3 is 12.2 Å². The zero-order chi connectivity index (χ0) is 20.6. The molecule has 2 amide bonds. The third-order valence-corrected chi connectivity index (χ3v) is 3.77. The average Bonchev–Trinajstić information content (AvgIpc) is 2.70. The molecule has 0 unspecified atom stereocenters. The minimum atomic E-state index is -0.761. The number of ether oxygens (including phenoxy) is 4. The van der Waals surface area contributed by atoms with Crippen molar-refractivity contribution < 1.29 is 28.5 Å². The minimum absolute atomic E-state index is 0.0177. The van der Waals surface area contributed by atoms with Crippen LogP contribution in [-0.2, 0) is 9.47 Å². The Morgan fingerprint density at radius 3 is 2.14 bits per heavy atom. The molecule has 0 spiro atoms. The number of carbonyl (C=O) groups excluding carboxylic acids is 2. The molecule has 158 valence electrons. The molecule has 0 saturated carbocycles. The molecule has 28 heavy (non-hydrogen) atoms. The Kier molecular flexibility index (Phi) is 12.1. The molecule has 0 aliphatic rings. The van der Waals surface area contributed by atoms with Crippen LogP contribution in [0.4, 0.5) is 9.59 Å². The van der Waals surface area contributed by atoms with Crippen LogP contribution in [0.5, 0.6) is 11.5 Å². The van der Waals surface area contributed by atoms with Crippen LogP contribution in [0.2, 0.25) is 0 Å². The molecular formula is C20H32N2O6. The molecule has 0 aliphatic heterocycles. The summed E-state index contributed by atoms with van der Waals surface area (Å²) in [7, 11) is 1.54. The molecule has 0 bridgehead atoms. The molecule has 1 aromatic rings. The Bertz CT molecular complexity index is 582. The maximum absolute atomic E-state index is 11.9. The van der Waals surface area contributed by atoms with Crippen LogP contribution in [0.15, 0.2) is 24.3 Å². The number of para-hydroxylation sites is 2. The normalized spacial score (nSPS) is 11.2. The van der Waals surface area contributed by atoms with Crippen LogP contribution in [0.1, 0.15) is 39.5 Å². The number of carbonyl (C=O) groups is 2. The molecule has 8 heteroatoms. The molecule has 1 rings (SSSR count). The summed E-state index contributed by atoms with van der Waals surface area (Å²) in [6, 6.07) is 7.14. The van der Waals surface area contributed by atoms with Gasteiger partial charge in [-0.1, -0.05) is 38.8 Å². The summed E-state index contributed by atoms with van der Waals surface area (Å²) < 4.78 is 21.4. The predicted molar refractivity (Wildman–Crippen MR) is 106 cm³/mol. The number of unbranched alkanes of at least 4 members (excludes halogenated alkanes) is 2. The average molecular weight is 396 g/mol. The molecule has 1 atom stereocenters. The van der Waals surface area contributed by atoms with E-state index in [2.05, 4.69) is 10.6 Å². The lowest BCUT2D eigenvalue weighted by molar-refractivity contribution is 0.0194. The number of benzene rings is 1. The van der Waals surface area contributed by atoms with E-state index in [0.29, 0.717) is 24.6 Å². The number of hydrogen-bond acceptors (Lipinski definition) is 6. The lowest BCUT2D eigenvalue weighted by Gasteiger charge is -2.19. The van der Waals surface area contributed by atoms with Gasteiger partial charge in [0, 0.05) is 13.1 Å². The fourth-order valence-corrected chi connectivity index (χ4v) is 2.18. The zero-order valence-electron chi connectivity index (χ0n) is 17.0. The van der Waals surface area contributed by atoms with Crippen molar-refractivity contribution in [2.45, 2.75) is 45.6 Å². The lowest BCUT2D eigenvalue weighted by Crippen LogP contribution is -2.37. The third-order valence-electron chi connectivity index (χ3n) is 3.77. The van der Waals surface area contributed by atoms with Gasteiger partial charge in [0.05, 0.1) is 7.11 Å². The summed E-state index contributed by atoms with van der Waals surface area (Å²) in [4.78, 5) is 23.7. The summed E-state index contributed by atoms with van der Waals surface area (Å²) in [5.74, 6) is 1.07. The summed E-state index contributed by atoms with van der Waals surface area (Å²) in [5, 5.41) is 5.31. The van der Waals surface area contributed by atoms with Gasteiger partial charge in [-0.2, -0.15) is 0 Å². The Labute approximate surface area is 166 Å². The minimum Gasteiger partial charge on any atom is -0.493 e. The highest BCUT2D eigenvalue weighted by molar-refractivity contribution is 5.68. The van der Waals surface area contributed by atoms with Gasteiger partial charge in [-0.05, 0) is 25.0 Å².